The number of nitrogens with two attached hydrogens (primary N) is 1. The zero-order valence-corrected chi connectivity index (χ0v) is 21.2. The van der Waals surface area contributed by atoms with Crippen molar-refractivity contribution in [2.75, 3.05) is 31.1 Å². The number of anilines is 1. The summed E-state index contributed by atoms with van der Waals surface area (Å²) in [4.78, 5) is 31.7. The third-order valence-electron chi connectivity index (χ3n) is 6.88. The number of hydrogen-bond acceptors (Lipinski definition) is 6. The number of hydrogen-bond donors (Lipinski definition) is 1. The lowest BCUT2D eigenvalue weighted by Gasteiger charge is -2.47. The maximum absolute atomic E-state index is 13.3. The second kappa shape index (κ2) is 10.4. The van der Waals surface area contributed by atoms with Gasteiger partial charge in [-0.3, -0.25) is 4.79 Å². The molecule has 7 heteroatoms. The molecule has 186 valence electrons. The number of allylic oxidation sites excluding steroid dienone is 1. The molecule has 2 heterocycles. The maximum Gasteiger partial charge on any atom is 0.356 e. The Morgan fingerprint density at radius 1 is 1.00 bits per heavy atom. The lowest BCUT2D eigenvalue weighted by Crippen LogP contribution is -2.58. The summed E-state index contributed by atoms with van der Waals surface area (Å²) in [6.45, 7) is 10.7. The second-order valence-corrected chi connectivity index (χ2v) is 9.55. The number of nitrogens with zero attached hydrogens (tertiary/aromatic N) is 3. The van der Waals surface area contributed by atoms with Gasteiger partial charge in [0.15, 0.2) is 6.29 Å². The molecule has 0 radical (unpaired) electrons. The van der Waals surface area contributed by atoms with Gasteiger partial charge in [-0.2, -0.15) is 0 Å². The van der Waals surface area contributed by atoms with Crippen LogP contribution in [0.3, 0.4) is 0 Å². The van der Waals surface area contributed by atoms with Gasteiger partial charge in [-0.1, -0.05) is 48.0 Å². The Labute approximate surface area is 208 Å². The first-order valence-electron chi connectivity index (χ1n) is 12.4. The van der Waals surface area contributed by atoms with Gasteiger partial charge in [0.1, 0.15) is 5.70 Å². The van der Waals surface area contributed by atoms with E-state index in [2.05, 4.69) is 47.6 Å². The summed E-state index contributed by atoms with van der Waals surface area (Å²) in [5.41, 5.74) is 12.9. The van der Waals surface area contributed by atoms with Crippen LogP contribution in [0.25, 0.3) is 0 Å². The quantitative estimate of drug-likeness (QED) is 0.587. The minimum Gasteiger partial charge on any atom is -0.461 e. The average molecular weight is 477 g/mol. The first-order chi connectivity index (χ1) is 16.8. The predicted molar refractivity (Wildman–Crippen MR) is 137 cm³/mol. The number of carbonyl (C=O) groups excluding carboxylic acids is 2. The van der Waals surface area contributed by atoms with Crippen molar-refractivity contribution in [3.05, 3.63) is 76.1 Å². The van der Waals surface area contributed by atoms with Crippen molar-refractivity contribution in [2.45, 2.75) is 53.2 Å². The van der Waals surface area contributed by atoms with Gasteiger partial charge in [0.25, 0.3) is 0 Å². The van der Waals surface area contributed by atoms with Crippen molar-refractivity contribution in [1.82, 2.24) is 9.80 Å². The van der Waals surface area contributed by atoms with E-state index in [-0.39, 0.29) is 24.6 Å². The van der Waals surface area contributed by atoms with E-state index in [0.29, 0.717) is 25.3 Å². The number of primary amides is 1. The summed E-state index contributed by atoms with van der Waals surface area (Å²) in [5, 5.41) is 0. The average Bonchev–Trinajstić information content (AvgIpc) is 3.09. The number of fused-ring (bicyclic) bond motifs is 1. The highest BCUT2D eigenvalue weighted by atomic mass is 16.5. The molecule has 2 aromatic carbocycles. The Bertz CT molecular complexity index is 1110. The lowest BCUT2D eigenvalue weighted by molar-refractivity contribution is -0.141. The topological polar surface area (TPSA) is 79.1 Å². The molecule has 0 bridgehead atoms. The summed E-state index contributed by atoms with van der Waals surface area (Å²) < 4.78 is 5.75. The van der Waals surface area contributed by atoms with Crippen LogP contribution in [0.4, 0.5) is 5.69 Å². The Morgan fingerprint density at radius 3 is 2.31 bits per heavy atom. The Hall–Kier alpha value is -3.48. The molecule has 7 nitrogen and oxygen atoms in total. The summed E-state index contributed by atoms with van der Waals surface area (Å²) in [6.07, 6.45) is 1.61. The van der Waals surface area contributed by atoms with E-state index in [1.165, 1.54) is 22.4 Å². The molecule has 1 unspecified atom stereocenters. The van der Waals surface area contributed by atoms with Crippen molar-refractivity contribution in [2.24, 2.45) is 5.73 Å². The fourth-order valence-corrected chi connectivity index (χ4v) is 5.50. The molecule has 0 aliphatic carbocycles. The fourth-order valence-electron chi connectivity index (χ4n) is 5.50. The van der Waals surface area contributed by atoms with Crippen molar-refractivity contribution in [1.29, 1.82) is 0 Å². The van der Waals surface area contributed by atoms with Gasteiger partial charge in [-0.15, -0.1) is 0 Å². The van der Waals surface area contributed by atoms with Crippen LogP contribution in [0.15, 0.2) is 53.9 Å². The van der Waals surface area contributed by atoms with E-state index in [4.69, 9.17) is 10.5 Å². The lowest BCUT2D eigenvalue weighted by atomic mass is 10.0. The van der Waals surface area contributed by atoms with E-state index in [9.17, 15) is 9.59 Å². The Morgan fingerprint density at radius 2 is 1.66 bits per heavy atom. The highest BCUT2D eigenvalue weighted by Crippen LogP contribution is 2.39. The number of carbonyl (C=O) groups is 2. The minimum atomic E-state index is -0.353. The molecular formula is C28H36N4O3. The molecule has 0 aromatic heterocycles. The molecule has 35 heavy (non-hydrogen) atoms. The largest absolute Gasteiger partial charge is 0.461 e. The van der Waals surface area contributed by atoms with E-state index in [1.54, 1.807) is 0 Å². The monoisotopic (exact) mass is 476 g/mol. The van der Waals surface area contributed by atoms with Gasteiger partial charge in [-0.25, -0.2) is 4.79 Å². The van der Waals surface area contributed by atoms with Gasteiger partial charge in [-0.05, 0) is 50.8 Å². The molecule has 1 saturated heterocycles. The van der Waals surface area contributed by atoms with E-state index < -0.39 is 0 Å². The van der Waals surface area contributed by atoms with Crippen LogP contribution >= 0.6 is 0 Å². The molecule has 1 amide bonds. The summed E-state index contributed by atoms with van der Waals surface area (Å²) in [7, 11) is 0. The second-order valence-electron chi connectivity index (χ2n) is 9.55. The standard InChI is InChI=1S/C28H36N4O3/c1-19-17-20(2)25(21(3)18-19)31-13-8-14-32-26(22(4)30(28(31)32)15-11-24(29)33)27(34)35-16-12-23-9-6-5-7-10-23/h5-7,9-10,17-18,28H,8,11-16H2,1-4H3,(H2,29,33). The molecule has 2 aliphatic heterocycles. The molecule has 0 saturated carbocycles. The molecule has 0 spiro atoms. The predicted octanol–water partition coefficient (Wildman–Crippen LogP) is 3.62. The van der Waals surface area contributed by atoms with Gasteiger partial charge < -0.3 is 25.2 Å². The van der Waals surface area contributed by atoms with Crippen LogP contribution in [-0.4, -0.2) is 54.2 Å². The first-order valence-corrected chi connectivity index (χ1v) is 12.4. The number of rotatable bonds is 8. The summed E-state index contributed by atoms with van der Waals surface area (Å²) in [6, 6.07) is 14.4. The van der Waals surface area contributed by atoms with Crippen LogP contribution in [-0.2, 0) is 20.7 Å². The van der Waals surface area contributed by atoms with Crippen LogP contribution in [0, 0.1) is 20.8 Å². The zero-order valence-electron chi connectivity index (χ0n) is 21.2. The summed E-state index contributed by atoms with van der Waals surface area (Å²) >= 11 is 0. The van der Waals surface area contributed by atoms with Crippen molar-refractivity contribution < 1.29 is 14.3 Å². The maximum atomic E-state index is 13.3. The Kier molecular flexibility index (Phi) is 7.34. The normalized spacial score (nSPS) is 17.6. The fraction of sp³-hybridized carbons (Fsp3) is 0.429. The molecule has 2 aliphatic rings. The number of amides is 1. The minimum absolute atomic E-state index is 0.195. The van der Waals surface area contributed by atoms with E-state index >= 15 is 0 Å². The third-order valence-corrected chi connectivity index (χ3v) is 6.88. The SMILES string of the molecule is CC1=C(C(=O)OCCc2ccccc2)N2CCCN(c3c(C)cc(C)cc3C)C2N1CCC(N)=O. The number of esters is 1. The molecule has 2 N–H and O–H groups in total. The van der Waals surface area contributed by atoms with Crippen LogP contribution in [0.2, 0.25) is 0 Å². The van der Waals surface area contributed by atoms with E-state index in [0.717, 1.165) is 30.8 Å². The van der Waals surface area contributed by atoms with Crippen molar-refractivity contribution in [3.8, 4) is 0 Å². The van der Waals surface area contributed by atoms with Crippen LogP contribution in [0.1, 0.15) is 42.0 Å². The van der Waals surface area contributed by atoms with Crippen molar-refractivity contribution in [3.63, 3.8) is 0 Å². The smallest absolute Gasteiger partial charge is 0.356 e. The molecule has 1 atom stereocenters. The third kappa shape index (κ3) is 5.14. The number of aryl methyl sites for hydroxylation is 3. The van der Waals surface area contributed by atoms with Gasteiger partial charge in [0.2, 0.25) is 5.91 Å². The highest BCUT2D eigenvalue weighted by molar-refractivity contribution is 5.89. The first kappa shape index (κ1) is 24.6. The highest BCUT2D eigenvalue weighted by Gasteiger charge is 2.45. The van der Waals surface area contributed by atoms with Crippen molar-refractivity contribution >= 4 is 17.6 Å². The Balaban J connectivity index is 1.61. The van der Waals surface area contributed by atoms with E-state index in [1.807, 2.05) is 37.3 Å². The van der Waals surface area contributed by atoms with Gasteiger partial charge in [0.05, 0.1) is 6.61 Å². The summed E-state index contributed by atoms with van der Waals surface area (Å²) in [5.74, 6) is -0.669. The van der Waals surface area contributed by atoms with Gasteiger partial charge >= 0.3 is 5.97 Å². The number of benzene rings is 2. The molecule has 4 rings (SSSR count). The zero-order chi connectivity index (χ0) is 25.1. The van der Waals surface area contributed by atoms with Crippen LogP contribution in [0.5, 0.6) is 0 Å². The van der Waals surface area contributed by atoms with Crippen LogP contribution < -0.4 is 10.6 Å². The molecule has 1 fully saturated rings. The number of ether oxygens (including phenoxy) is 1. The molecule has 2 aromatic rings. The van der Waals surface area contributed by atoms with Gasteiger partial charge in [0, 0.05) is 43.9 Å². The molecular weight excluding hydrogens is 440 g/mol.